The topological polar surface area (TPSA) is 36.7 Å². The molecule has 1 aromatic heterocycles. The van der Waals surface area contributed by atoms with Crippen molar-refractivity contribution in [1.82, 2.24) is 4.98 Å². The van der Waals surface area contributed by atoms with E-state index in [1.807, 2.05) is 24.3 Å². The average Bonchev–Trinajstić information content (AvgIpc) is 2.17. The van der Waals surface area contributed by atoms with Gasteiger partial charge in [0.25, 0.3) is 0 Å². The number of hydrogen-bond acceptors (Lipinski definition) is 2. The lowest BCUT2D eigenvalue weighted by Crippen LogP contribution is -1.80. The van der Waals surface area contributed by atoms with Crippen molar-refractivity contribution in [2.24, 2.45) is 0 Å². The van der Waals surface area contributed by atoms with Crippen LogP contribution in [0.2, 0.25) is 0 Å². The van der Waals surface area contributed by atoms with E-state index in [0.29, 0.717) is 5.56 Å². The van der Waals surface area contributed by atoms with Crippen LogP contribution < -0.4 is 0 Å². The second kappa shape index (κ2) is 3.15. The Balaban J connectivity index is 2.75. The number of benzene rings is 1. The summed E-state index contributed by atoms with van der Waals surface area (Å²) in [6, 6.07) is 11.3. The molecule has 0 fully saturated rings. The Morgan fingerprint density at radius 2 is 2.08 bits per heavy atom. The Kier molecular flexibility index (Phi) is 1.99. The van der Waals surface area contributed by atoms with Crippen LogP contribution in [-0.2, 0) is 0 Å². The normalized spacial score (nSPS) is 9.85. The van der Waals surface area contributed by atoms with Crippen molar-refractivity contribution >= 4 is 26.8 Å². The standard InChI is InChI=1S/C10H5BrN2/c11-10-4-2-8-5-7(6-12)1-3-9(8)13-10/h1-5H. The number of halogens is 1. The first-order valence-electron chi connectivity index (χ1n) is 3.76. The molecule has 1 aromatic carbocycles. The van der Waals surface area contributed by atoms with Gasteiger partial charge in [0.1, 0.15) is 4.60 Å². The van der Waals surface area contributed by atoms with Crippen LogP contribution in [0.3, 0.4) is 0 Å². The van der Waals surface area contributed by atoms with Gasteiger partial charge >= 0.3 is 0 Å². The molecule has 0 aliphatic heterocycles. The summed E-state index contributed by atoms with van der Waals surface area (Å²) in [5, 5.41) is 9.66. The van der Waals surface area contributed by atoms with E-state index < -0.39 is 0 Å². The first-order chi connectivity index (χ1) is 6.29. The van der Waals surface area contributed by atoms with Crippen LogP contribution in [0.15, 0.2) is 34.9 Å². The molecule has 0 saturated heterocycles. The molecule has 0 radical (unpaired) electrons. The second-order valence-electron chi connectivity index (χ2n) is 2.65. The number of fused-ring (bicyclic) bond motifs is 1. The summed E-state index contributed by atoms with van der Waals surface area (Å²) in [6.45, 7) is 0. The zero-order valence-corrected chi connectivity index (χ0v) is 8.25. The van der Waals surface area contributed by atoms with Gasteiger partial charge < -0.3 is 0 Å². The van der Waals surface area contributed by atoms with Gasteiger partial charge in [-0.3, -0.25) is 0 Å². The number of nitriles is 1. The lowest BCUT2D eigenvalue weighted by Gasteiger charge is -1.97. The van der Waals surface area contributed by atoms with Gasteiger partial charge in [-0.2, -0.15) is 5.26 Å². The molecule has 13 heavy (non-hydrogen) atoms. The fraction of sp³-hybridized carbons (Fsp3) is 0. The summed E-state index contributed by atoms with van der Waals surface area (Å²) >= 11 is 3.29. The molecule has 0 spiro atoms. The summed E-state index contributed by atoms with van der Waals surface area (Å²) < 4.78 is 0.810. The van der Waals surface area contributed by atoms with Gasteiger partial charge in [-0.05, 0) is 40.2 Å². The second-order valence-corrected chi connectivity index (χ2v) is 3.47. The molecule has 2 aromatic rings. The molecule has 1 heterocycles. The Bertz CT molecular complexity index is 500. The Morgan fingerprint density at radius 1 is 1.23 bits per heavy atom. The molecule has 62 valence electrons. The summed E-state index contributed by atoms with van der Waals surface area (Å²) in [5.74, 6) is 0. The molecule has 0 saturated carbocycles. The van der Waals surface area contributed by atoms with E-state index >= 15 is 0 Å². The maximum absolute atomic E-state index is 8.67. The summed E-state index contributed by atoms with van der Waals surface area (Å²) in [6.07, 6.45) is 0. The van der Waals surface area contributed by atoms with Crippen molar-refractivity contribution in [1.29, 1.82) is 5.26 Å². The van der Waals surface area contributed by atoms with E-state index in [9.17, 15) is 0 Å². The first kappa shape index (κ1) is 8.21. The van der Waals surface area contributed by atoms with Gasteiger partial charge in [0.05, 0.1) is 17.1 Å². The lowest BCUT2D eigenvalue weighted by atomic mass is 10.1. The van der Waals surface area contributed by atoms with Crippen LogP contribution in [0.25, 0.3) is 10.9 Å². The van der Waals surface area contributed by atoms with E-state index in [0.717, 1.165) is 15.5 Å². The third-order valence-electron chi connectivity index (χ3n) is 1.78. The third-order valence-corrected chi connectivity index (χ3v) is 2.23. The minimum Gasteiger partial charge on any atom is -0.241 e. The van der Waals surface area contributed by atoms with Crippen molar-refractivity contribution in [2.75, 3.05) is 0 Å². The fourth-order valence-corrected chi connectivity index (χ4v) is 1.49. The smallest absolute Gasteiger partial charge is 0.106 e. The third kappa shape index (κ3) is 1.53. The van der Waals surface area contributed by atoms with Gasteiger partial charge in [-0.1, -0.05) is 6.07 Å². The number of pyridine rings is 1. The molecular formula is C10H5BrN2. The van der Waals surface area contributed by atoms with Crippen molar-refractivity contribution in [3.63, 3.8) is 0 Å². The summed E-state index contributed by atoms with van der Waals surface area (Å²) in [7, 11) is 0. The number of nitrogens with zero attached hydrogens (tertiary/aromatic N) is 2. The molecule has 0 atom stereocenters. The predicted molar refractivity (Wildman–Crippen MR) is 54.2 cm³/mol. The quantitative estimate of drug-likeness (QED) is 0.656. The Morgan fingerprint density at radius 3 is 2.85 bits per heavy atom. The minimum absolute atomic E-state index is 0.664. The van der Waals surface area contributed by atoms with Crippen LogP contribution in [0.4, 0.5) is 0 Å². The molecule has 2 rings (SSSR count). The van der Waals surface area contributed by atoms with Crippen molar-refractivity contribution in [3.05, 3.63) is 40.5 Å². The highest BCUT2D eigenvalue weighted by Crippen LogP contribution is 2.16. The predicted octanol–water partition coefficient (Wildman–Crippen LogP) is 2.87. The van der Waals surface area contributed by atoms with E-state index in [2.05, 4.69) is 27.0 Å². The van der Waals surface area contributed by atoms with Crippen LogP contribution in [0.1, 0.15) is 5.56 Å². The highest BCUT2D eigenvalue weighted by Gasteiger charge is 1.97. The van der Waals surface area contributed by atoms with E-state index in [1.165, 1.54) is 0 Å². The van der Waals surface area contributed by atoms with Crippen LogP contribution in [0.5, 0.6) is 0 Å². The molecule has 3 heteroatoms. The Labute approximate surface area is 84.0 Å². The van der Waals surface area contributed by atoms with Crippen LogP contribution in [0, 0.1) is 11.3 Å². The van der Waals surface area contributed by atoms with Crippen LogP contribution in [-0.4, -0.2) is 4.98 Å². The molecule has 0 amide bonds. The SMILES string of the molecule is N#Cc1ccc2nc(Br)ccc2c1. The van der Waals surface area contributed by atoms with Crippen molar-refractivity contribution in [2.45, 2.75) is 0 Å². The number of hydrogen-bond donors (Lipinski definition) is 0. The number of aromatic nitrogens is 1. The van der Waals surface area contributed by atoms with Crippen molar-refractivity contribution in [3.8, 4) is 6.07 Å². The zero-order valence-electron chi connectivity index (χ0n) is 6.66. The zero-order chi connectivity index (χ0) is 9.26. The van der Waals surface area contributed by atoms with E-state index in [-0.39, 0.29) is 0 Å². The molecule has 0 unspecified atom stereocenters. The summed E-state index contributed by atoms with van der Waals surface area (Å²) in [4.78, 5) is 4.26. The monoisotopic (exact) mass is 232 g/mol. The van der Waals surface area contributed by atoms with E-state index in [4.69, 9.17) is 5.26 Å². The fourth-order valence-electron chi connectivity index (χ4n) is 1.17. The Hall–Kier alpha value is -1.40. The van der Waals surface area contributed by atoms with Gasteiger partial charge in [0.15, 0.2) is 0 Å². The number of rotatable bonds is 0. The highest BCUT2D eigenvalue weighted by atomic mass is 79.9. The first-order valence-corrected chi connectivity index (χ1v) is 4.55. The summed E-state index contributed by atoms with van der Waals surface area (Å²) in [5.41, 5.74) is 1.56. The van der Waals surface area contributed by atoms with Gasteiger partial charge in [0.2, 0.25) is 0 Å². The van der Waals surface area contributed by atoms with Gasteiger partial charge in [-0.25, -0.2) is 4.98 Å². The largest absolute Gasteiger partial charge is 0.241 e. The van der Waals surface area contributed by atoms with Crippen LogP contribution >= 0.6 is 15.9 Å². The molecule has 0 bridgehead atoms. The highest BCUT2D eigenvalue weighted by molar-refractivity contribution is 9.10. The minimum atomic E-state index is 0.664. The maximum atomic E-state index is 8.67. The maximum Gasteiger partial charge on any atom is 0.106 e. The molecule has 2 nitrogen and oxygen atoms in total. The molecular weight excluding hydrogens is 228 g/mol. The molecule has 0 aliphatic carbocycles. The molecule has 0 N–H and O–H groups in total. The van der Waals surface area contributed by atoms with Gasteiger partial charge in [-0.15, -0.1) is 0 Å². The lowest BCUT2D eigenvalue weighted by molar-refractivity contribution is 1.35. The van der Waals surface area contributed by atoms with Crippen molar-refractivity contribution < 1.29 is 0 Å². The average molecular weight is 233 g/mol. The van der Waals surface area contributed by atoms with Gasteiger partial charge in [0, 0.05) is 5.39 Å². The molecule has 0 aliphatic rings. The van der Waals surface area contributed by atoms with E-state index in [1.54, 1.807) is 6.07 Å².